The summed E-state index contributed by atoms with van der Waals surface area (Å²) >= 11 is 1.64. The van der Waals surface area contributed by atoms with Crippen LogP contribution in [0.2, 0.25) is 0 Å². The maximum Gasteiger partial charge on any atom is 0.259 e. The molecule has 0 unspecified atom stereocenters. The summed E-state index contributed by atoms with van der Waals surface area (Å²) in [6.07, 6.45) is 0. The Bertz CT molecular complexity index is 755. The highest BCUT2D eigenvalue weighted by atomic mass is 32.2. The fourth-order valence-corrected chi connectivity index (χ4v) is 3.71. The van der Waals surface area contributed by atoms with Crippen LogP contribution >= 0.6 is 11.8 Å². The van der Waals surface area contributed by atoms with Crippen LogP contribution in [0.5, 0.6) is 0 Å². The molecule has 1 aliphatic rings. The minimum Gasteiger partial charge on any atom is -0.286 e. The van der Waals surface area contributed by atoms with Crippen LogP contribution in [-0.2, 0) is 5.75 Å². The van der Waals surface area contributed by atoms with Gasteiger partial charge in [-0.1, -0.05) is 53.7 Å². The number of aryl methyl sites for hydroxylation is 2. The van der Waals surface area contributed by atoms with Crippen LogP contribution in [0.4, 0.5) is 0 Å². The number of hydrogen-bond acceptors (Lipinski definition) is 3. The molecule has 4 heteroatoms. The molecule has 0 bridgehead atoms. The number of amides is 1. The van der Waals surface area contributed by atoms with Crippen LogP contribution in [0.3, 0.4) is 0 Å². The van der Waals surface area contributed by atoms with E-state index in [9.17, 15) is 4.79 Å². The number of aliphatic imine (C=N–C) groups is 1. The van der Waals surface area contributed by atoms with E-state index in [0.29, 0.717) is 13.1 Å². The van der Waals surface area contributed by atoms with E-state index in [2.05, 4.69) is 30.1 Å². The molecule has 1 amide bonds. The van der Waals surface area contributed by atoms with E-state index in [1.165, 1.54) is 11.1 Å². The summed E-state index contributed by atoms with van der Waals surface area (Å²) in [4.78, 5) is 19.0. The summed E-state index contributed by atoms with van der Waals surface area (Å²) in [6, 6.07) is 16.1. The monoisotopic (exact) mass is 324 g/mol. The van der Waals surface area contributed by atoms with Gasteiger partial charge in [-0.05, 0) is 37.1 Å². The second kappa shape index (κ2) is 7.01. The van der Waals surface area contributed by atoms with E-state index in [-0.39, 0.29) is 5.91 Å². The van der Waals surface area contributed by atoms with E-state index >= 15 is 0 Å². The number of rotatable bonds is 3. The van der Waals surface area contributed by atoms with Crippen molar-refractivity contribution in [2.75, 3.05) is 13.1 Å². The topological polar surface area (TPSA) is 32.7 Å². The first-order valence-corrected chi connectivity index (χ1v) is 8.74. The van der Waals surface area contributed by atoms with Crippen molar-refractivity contribution in [2.24, 2.45) is 4.99 Å². The lowest BCUT2D eigenvalue weighted by Crippen LogP contribution is -2.32. The number of hydrogen-bond donors (Lipinski definition) is 0. The third-order valence-corrected chi connectivity index (χ3v) is 4.99. The molecule has 0 fully saturated rings. The Morgan fingerprint density at radius 1 is 1.17 bits per heavy atom. The summed E-state index contributed by atoms with van der Waals surface area (Å²) in [5.74, 6) is 0.880. The van der Waals surface area contributed by atoms with E-state index in [4.69, 9.17) is 0 Å². The number of benzene rings is 2. The first-order valence-electron chi connectivity index (χ1n) is 7.75. The predicted octanol–water partition coefficient (Wildman–Crippen LogP) is 4.05. The van der Waals surface area contributed by atoms with Crippen molar-refractivity contribution in [2.45, 2.75) is 19.6 Å². The summed E-state index contributed by atoms with van der Waals surface area (Å²) in [5, 5.41) is 0.833. The molecule has 0 spiro atoms. The normalized spacial score (nSPS) is 14.0. The van der Waals surface area contributed by atoms with Crippen molar-refractivity contribution in [3.63, 3.8) is 0 Å². The second-order valence-corrected chi connectivity index (χ2v) is 6.65. The Kier molecular flexibility index (Phi) is 4.82. The molecule has 2 aromatic carbocycles. The number of thioether (sulfide) groups is 1. The summed E-state index contributed by atoms with van der Waals surface area (Å²) in [5.41, 5.74) is 4.39. The smallest absolute Gasteiger partial charge is 0.259 e. The molecule has 0 N–H and O–H groups in total. The maximum atomic E-state index is 12.7. The zero-order valence-corrected chi connectivity index (χ0v) is 14.3. The molecular weight excluding hydrogens is 304 g/mol. The minimum absolute atomic E-state index is 0.0437. The Balaban J connectivity index is 1.70. The molecule has 23 heavy (non-hydrogen) atoms. The molecule has 1 heterocycles. The number of nitrogens with zero attached hydrogens (tertiary/aromatic N) is 2. The van der Waals surface area contributed by atoms with Gasteiger partial charge in [0, 0.05) is 17.9 Å². The van der Waals surface area contributed by atoms with E-state index in [0.717, 1.165) is 22.0 Å². The van der Waals surface area contributed by atoms with Crippen LogP contribution in [-0.4, -0.2) is 29.1 Å². The Hall–Kier alpha value is -2.07. The molecule has 0 aromatic heterocycles. The third kappa shape index (κ3) is 3.64. The van der Waals surface area contributed by atoms with Gasteiger partial charge in [0.2, 0.25) is 0 Å². The van der Waals surface area contributed by atoms with Gasteiger partial charge in [0.15, 0.2) is 5.17 Å². The second-order valence-electron chi connectivity index (χ2n) is 5.71. The number of carbonyl (C=O) groups excluding carboxylic acids is 1. The summed E-state index contributed by atoms with van der Waals surface area (Å²) in [7, 11) is 0. The molecule has 0 radical (unpaired) electrons. The highest BCUT2D eigenvalue weighted by molar-refractivity contribution is 8.13. The van der Waals surface area contributed by atoms with E-state index in [1.807, 2.05) is 37.3 Å². The fourth-order valence-electron chi connectivity index (χ4n) is 2.59. The average Bonchev–Trinajstić information content (AvgIpc) is 3.02. The molecule has 118 valence electrons. The van der Waals surface area contributed by atoms with Gasteiger partial charge in [-0.15, -0.1) is 0 Å². The molecule has 0 aliphatic carbocycles. The molecule has 3 nitrogen and oxygen atoms in total. The largest absolute Gasteiger partial charge is 0.286 e. The quantitative estimate of drug-likeness (QED) is 0.853. The maximum absolute atomic E-state index is 12.7. The first kappa shape index (κ1) is 15.8. The third-order valence-electron chi connectivity index (χ3n) is 3.93. The van der Waals surface area contributed by atoms with Crippen molar-refractivity contribution in [1.82, 2.24) is 4.90 Å². The molecule has 1 aliphatic heterocycles. The summed E-state index contributed by atoms with van der Waals surface area (Å²) < 4.78 is 0. The van der Waals surface area contributed by atoms with Gasteiger partial charge in [-0.3, -0.25) is 14.7 Å². The van der Waals surface area contributed by atoms with Crippen LogP contribution < -0.4 is 0 Å². The van der Waals surface area contributed by atoms with Gasteiger partial charge in [0.25, 0.3) is 5.91 Å². The van der Waals surface area contributed by atoms with Crippen LogP contribution in [0.15, 0.2) is 53.5 Å². The predicted molar refractivity (Wildman–Crippen MR) is 97.0 cm³/mol. The molecule has 0 atom stereocenters. The van der Waals surface area contributed by atoms with Crippen molar-refractivity contribution in [1.29, 1.82) is 0 Å². The van der Waals surface area contributed by atoms with Crippen LogP contribution in [0, 0.1) is 13.8 Å². The van der Waals surface area contributed by atoms with Gasteiger partial charge < -0.3 is 0 Å². The molecular formula is C19H20N2OS. The van der Waals surface area contributed by atoms with Crippen molar-refractivity contribution in [3.05, 3.63) is 70.8 Å². The molecule has 0 saturated heterocycles. The Morgan fingerprint density at radius 2 is 2.00 bits per heavy atom. The fraction of sp³-hybridized carbons (Fsp3) is 0.263. The number of amidine groups is 1. The van der Waals surface area contributed by atoms with E-state index in [1.54, 1.807) is 16.7 Å². The highest BCUT2D eigenvalue weighted by Crippen LogP contribution is 2.23. The average molecular weight is 324 g/mol. The van der Waals surface area contributed by atoms with Gasteiger partial charge in [-0.2, -0.15) is 0 Å². The summed E-state index contributed by atoms with van der Waals surface area (Å²) in [6.45, 7) is 5.47. The highest BCUT2D eigenvalue weighted by Gasteiger charge is 2.25. The van der Waals surface area contributed by atoms with Crippen molar-refractivity contribution >= 4 is 22.8 Å². The van der Waals surface area contributed by atoms with Gasteiger partial charge >= 0.3 is 0 Å². The van der Waals surface area contributed by atoms with Gasteiger partial charge in [-0.25, -0.2) is 0 Å². The SMILES string of the molecule is Cc1cccc(C(=O)N2CCN=C2SCc2ccccc2C)c1. The number of carbonyl (C=O) groups is 1. The molecule has 0 saturated carbocycles. The zero-order valence-electron chi connectivity index (χ0n) is 13.5. The lowest BCUT2D eigenvalue weighted by Gasteiger charge is -2.18. The van der Waals surface area contributed by atoms with Crippen molar-refractivity contribution in [3.8, 4) is 0 Å². The van der Waals surface area contributed by atoms with Gasteiger partial charge in [0.05, 0.1) is 6.54 Å². The lowest BCUT2D eigenvalue weighted by molar-refractivity contribution is 0.0860. The lowest BCUT2D eigenvalue weighted by atomic mass is 10.1. The zero-order chi connectivity index (χ0) is 16.2. The standard InChI is InChI=1S/C19H20N2OS/c1-14-6-5-9-16(12-14)18(22)21-11-10-20-19(21)23-13-17-8-4-3-7-15(17)2/h3-9,12H,10-11,13H2,1-2H3. The van der Waals surface area contributed by atoms with Gasteiger partial charge in [0.1, 0.15) is 0 Å². The van der Waals surface area contributed by atoms with Crippen LogP contribution in [0.25, 0.3) is 0 Å². The molecule has 2 aromatic rings. The first-order chi connectivity index (χ1) is 11.1. The Morgan fingerprint density at radius 3 is 2.78 bits per heavy atom. The van der Waals surface area contributed by atoms with E-state index < -0.39 is 0 Å². The molecule has 3 rings (SSSR count). The van der Waals surface area contributed by atoms with Crippen LogP contribution in [0.1, 0.15) is 27.0 Å². The Labute approximate surface area is 141 Å². The minimum atomic E-state index is 0.0437. The van der Waals surface area contributed by atoms with Crippen molar-refractivity contribution < 1.29 is 4.79 Å².